The molecule has 0 saturated carbocycles. The normalized spacial score (nSPS) is 18.7. The molecule has 1 saturated heterocycles. The highest BCUT2D eigenvalue weighted by Gasteiger charge is 2.40. The van der Waals surface area contributed by atoms with Crippen molar-refractivity contribution in [1.29, 1.82) is 0 Å². The van der Waals surface area contributed by atoms with Gasteiger partial charge in [-0.15, -0.1) is 11.3 Å². The number of nitrogens with zero attached hydrogens (tertiary/aromatic N) is 4. The van der Waals surface area contributed by atoms with Crippen molar-refractivity contribution >= 4 is 49.7 Å². The number of fused-ring (bicyclic) bond motifs is 3. The monoisotopic (exact) mass is 463 g/mol. The number of carbonyl (C=O) groups is 2. The van der Waals surface area contributed by atoms with E-state index in [9.17, 15) is 18.0 Å². The van der Waals surface area contributed by atoms with Crippen LogP contribution in [0.25, 0.3) is 0 Å². The first kappa shape index (κ1) is 21.7. The number of rotatable bonds is 5. The third kappa shape index (κ3) is 4.04. The minimum Gasteiger partial charge on any atom is -0.358 e. The quantitative estimate of drug-likeness (QED) is 0.728. The molecule has 1 aromatic heterocycles. The van der Waals surface area contributed by atoms with E-state index < -0.39 is 10.0 Å². The van der Waals surface area contributed by atoms with E-state index in [4.69, 9.17) is 0 Å². The second-order valence-corrected chi connectivity index (χ2v) is 10.9. The van der Waals surface area contributed by atoms with Gasteiger partial charge in [-0.05, 0) is 44.4 Å². The first-order chi connectivity index (χ1) is 14.7. The maximum Gasteiger partial charge on any atom is 0.250 e. The second-order valence-electron chi connectivity index (χ2n) is 7.91. The number of benzene rings is 1. The smallest absolute Gasteiger partial charge is 0.250 e. The summed E-state index contributed by atoms with van der Waals surface area (Å²) in [5, 5.41) is 5.03. The van der Waals surface area contributed by atoms with Gasteiger partial charge in [0.05, 0.1) is 22.0 Å². The van der Waals surface area contributed by atoms with Crippen LogP contribution in [-0.4, -0.2) is 62.7 Å². The van der Waals surface area contributed by atoms with Crippen LogP contribution in [0, 0.1) is 6.92 Å². The van der Waals surface area contributed by atoms with Crippen LogP contribution in [0.4, 0.5) is 16.5 Å². The molecule has 2 aliphatic rings. The maximum atomic E-state index is 13.3. The molecule has 1 aromatic carbocycles. The van der Waals surface area contributed by atoms with Crippen molar-refractivity contribution in [2.75, 3.05) is 42.3 Å². The molecule has 0 spiro atoms. The molecule has 0 unspecified atom stereocenters. The Hall–Kier alpha value is -2.50. The largest absolute Gasteiger partial charge is 0.358 e. The molecule has 2 amide bonds. The van der Waals surface area contributed by atoms with Crippen molar-refractivity contribution in [2.45, 2.75) is 37.1 Å². The zero-order valence-corrected chi connectivity index (χ0v) is 19.3. The molecule has 3 heterocycles. The topological polar surface area (TPSA) is 103 Å². The van der Waals surface area contributed by atoms with Crippen LogP contribution in [-0.2, 0) is 19.6 Å². The van der Waals surface area contributed by atoms with Crippen LogP contribution in [0.3, 0.4) is 0 Å². The van der Waals surface area contributed by atoms with E-state index in [0.29, 0.717) is 17.2 Å². The fourth-order valence-corrected chi connectivity index (χ4v) is 5.61. The predicted octanol–water partition coefficient (Wildman–Crippen LogP) is 2.05. The summed E-state index contributed by atoms with van der Waals surface area (Å²) >= 11 is 1.31. The summed E-state index contributed by atoms with van der Waals surface area (Å²) in [4.78, 5) is 33.8. The molecule has 1 N–H and O–H groups in total. The molecule has 31 heavy (non-hydrogen) atoms. The number of sulfonamides is 1. The van der Waals surface area contributed by atoms with Gasteiger partial charge >= 0.3 is 0 Å². The van der Waals surface area contributed by atoms with Gasteiger partial charge in [0.1, 0.15) is 12.6 Å². The summed E-state index contributed by atoms with van der Waals surface area (Å²) in [7, 11) is -0.767. The van der Waals surface area contributed by atoms with Gasteiger partial charge in [-0.2, -0.15) is 0 Å². The van der Waals surface area contributed by atoms with Crippen molar-refractivity contribution in [3.8, 4) is 0 Å². The van der Waals surface area contributed by atoms with Crippen LogP contribution < -0.4 is 15.1 Å². The molecule has 1 fully saturated rings. The number of aromatic nitrogens is 1. The van der Waals surface area contributed by atoms with E-state index in [0.717, 1.165) is 35.1 Å². The van der Waals surface area contributed by atoms with Gasteiger partial charge in [0, 0.05) is 26.0 Å². The minimum atomic E-state index is -3.69. The van der Waals surface area contributed by atoms with Gasteiger partial charge in [0.2, 0.25) is 21.8 Å². The highest BCUT2D eigenvalue weighted by molar-refractivity contribution is 7.89. The zero-order chi connectivity index (χ0) is 22.3. The maximum absolute atomic E-state index is 13.3. The number of aryl methyl sites for hydroxylation is 1. The summed E-state index contributed by atoms with van der Waals surface area (Å²) in [6.07, 6.45) is 2.61. The average molecular weight is 464 g/mol. The highest BCUT2D eigenvalue weighted by Crippen LogP contribution is 2.40. The van der Waals surface area contributed by atoms with Crippen molar-refractivity contribution in [3.63, 3.8) is 0 Å². The van der Waals surface area contributed by atoms with Crippen LogP contribution in [0.5, 0.6) is 0 Å². The number of anilines is 3. The van der Waals surface area contributed by atoms with E-state index in [1.54, 1.807) is 12.1 Å². The Morgan fingerprint density at radius 2 is 2.06 bits per heavy atom. The van der Waals surface area contributed by atoms with Gasteiger partial charge in [-0.3, -0.25) is 14.5 Å². The molecule has 0 aliphatic carbocycles. The molecular formula is C20H25N5O4S2. The van der Waals surface area contributed by atoms with E-state index in [2.05, 4.69) is 10.3 Å². The fraction of sp³-hybridized carbons (Fsp3) is 0.450. The average Bonchev–Trinajstić information content (AvgIpc) is 3.15. The molecule has 0 bridgehead atoms. The molecule has 2 aliphatic heterocycles. The molecule has 2 aromatic rings. The number of hydrogen-bond acceptors (Lipinski definition) is 7. The number of piperidine rings is 1. The molecule has 166 valence electrons. The fourth-order valence-electron chi connectivity index (χ4n) is 3.99. The highest BCUT2D eigenvalue weighted by atomic mass is 32.2. The van der Waals surface area contributed by atoms with Crippen molar-refractivity contribution in [1.82, 2.24) is 9.29 Å². The number of amides is 2. The third-order valence-corrected chi connectivity index (χ3v) is 8.23. The second kappa shape index (κ2) is 8.21. The van der Waals surface area contributed by atoms with Crippen molar-refractivity contribution < 1.29 is 18.0 Å². The van der Waals surface area contributed by atoms with Crippen LogP contribution in [0.2, 0.25) is 0 Å². The number of nitrogens with one attached hydrogen (secondary N) is 1. The number of thiazole rings is 1. The summed E-state index contributed by atoms with van der Waals surface area (Å²) in [5.74, 6) is -0.559. The van der Waals surface area contributed by atoms with Gasteiger partial charge in [-0.25, -0.2) is 17.7 Å². The first-order valence-electron chi connectivity index (χ1n) is 10.0. The zero-order valence-electron chi connectivity index (χ0n) is 17.7. The first-order valence-corrected chi connectivity index (χ1v) is 12.4. The van der Waals surface area contributed by atoms with E-state index >= 15 is 0 Å². The molecule has 1 atom stereocenters. The Morgan fingerprint density at radius 3 is 2.74 bits per heavy atom. The lowest BCUT2D eigenvalue weighted by Gasteiger charge is -2.45. The Balaban J connectivity index is 1.71. The van der Waals surface area contributed by atoms with Crippen LogP contribution in [0.15, 0.2) is 28.5 Å². The molecule has 4 rings (SSSR count). The Kier molecular flexibility index (Phi) is 5.75. The number of carbonyl (C=O) groups excluding carboxylic acids is 2. The Labute approximate surface area is 185 Å². The third-order valence-electron chi connectivity index (χ3n) is 5.55. The van der Waals surface area contributed by atoms with Gasteiger partial charge in [0.25, 0.3) is 0 Å². The lowest BCUT2D eigenvalue weighted by atomic mass is 9.96. The van der Waals surface area contributed by atoms with Gasteiger partial charge < -0.3 is 10.2 Å². The summed E-state index contributed by atoms with van der Waals surface area (Å²) < 4.78 is 26.5. The summed E-state index contributed by atoms with van der Waals surface area (Å²) in [5.41, 5.74) is 2.02. The summed E-state index contributed by atoms with van der Waals surface area (Å²) in [6, 6.07) is 4.46. The van der Waals surface area contributed by atoms with Crippen LogP contribution >= 0.6 is 11.3 Å². The predicted molar refractivity (Wildman–Crippen MR) is 120 cm³/mol. The Morgan fingerprint density at radius 1 is 1.29 bits per heavy atom. The van der Waals surface area contributed by atoms with Crippen LogP contribution in [0.1, 0.15) is 25.0 Å². The van der Waals surface area contributed by atoms with Gasteiger partial charge in [0.15, 0.2) is 5.13 Å². The Bertz CT molecular complexity index is 1130. The number of hydrogen-bond donors (Lipinski definition) is 1. The standard InChI is InChI=1S/C20H25N5O4S2/c1-13-12-30-20(21-13)22-18(26)11-25-17-10-14(31(28,29)23(2)3)7-8-15(17)24-9-5-4-6-16(24)19(25)27/h7-8,10,12,16H,4-6,9,11H2,1-3H3,(H,21,22,26)/t16-/m1/s1. The molecule has 0 radical (unpaired) electrons. The summed E-state index contributed by atoms with van der Waals surface area (Å²) in [6.45, 7) is 2.35. The lowest BCUT2D eigenvalue weighted by Crippen LogP contribution is -2.56. The molecule has 9 nitrogen and oxygen atoms in total. The van der Waals surface area contributed by atoms with E-state index in [-0.39, 0.29) is 29.3 Å². The molecular weight excluding hydrogens is 438 g/mol. The van der Waals surface area contributed by atoms with E-state index in [1.807, 2.05) is 17.2 Å². The van der Waals surface area contributed by atoms with Crippen molar-refractivity contribution in [3.05, 3.63) is 29.3 Å². The SMILES string of the molecule is Cc1csc(NC(=O)CN2C(=O)[C@H]3CCCCN3c3ccc(S(=O)(=O)N(C)C)cc32)n1. The minimum absolute atomic E-state index is 0.0838. The molecule has 11 heteroatoms. The van der Waals surface area contributed by atoms with E-state index in [1.165, 1.54) is 36.4 Å². The van der Waals surface area contributed by atoms with Gasteiger partial charge in [-0.1, -0.05) is 0 Å². The lowest BCUT2D eigenvalue weighted by molar-refractivity contribution is -0.123. The van der Waals surface area contributed by atoms with Crippen molar-refractivity contribution in [2.24, 2.45) is 0 Å².